The molecule has 1 saturated heterocycles. The number of carboxylic acid groups (broad SMARTS) is 1. The summed E-state index contributed by atoms with van der Waals surface area (Å²) in [6, 6.07) is 4.80. The smallest absolute Gasteiger partial charge is 0.323 e. The Kier molecular flexibility index (Phi) is 7.25. The lowest BCUT2D eigenvalue weighted by molar-refractivity contribution is -0.142. The van der Waals surface area contributed by atoms with Crippen molar-refractivity contribution in [2.24, 2.45) is 0 Å². The van der Waals surface area contributed by atoms with Gasteiger partial charge in [0.05, 0.1) is 4.90 Å². The molecule has 1 unspecified atom stereocenters. The van der Waals surface area contributed by atoms with Crippen LogP contribution in [0.15, 0.2) is 29.2 Å². The first-order valence-corrected chi connectivity index (χ1v) is 11.7. The fourth-order valence-corrected chi connectivity index (χ4v) is 6.99. The first kappa shape index (κ1) is 22.1. The summed E-state index contributed by atoms with van der Waals surface area (Å²) in [5, 5.41) is 10.2. The van der Waals surface area contributed by atoms with Gasteiger partial charge in [0, 0.05) is 21.9 Å². The van der Waals surface area contributed by atoms with Gasteiger partial charge in [-0.05, 0) is 45.0 Å². The van der Waals surface area contributed by atoms with Crippen LogP contribution in [-0.4, -0.2) is 58.3 Å². The van der Waals surface area contributed by atoms with E-state index in [4.69, 9.17) is 4.74 Å². The lowest BCUT2D eigenvalue weighted by atomic mass is 10.0. The van der Waals surface area contributed by atoms with Crippen molar-refractivity contribution in [3.05, 3.63) is 24.3 Å². The molecule has 1 aliphatic heterocycles. The lowest BCUT2D eigenvalue weighted by Crippen LogP contribution is -2.60. The molecule has 2 atom stereocenters. The van der Waals surface area contributed by atoms with Gasteiger partial charge in [-0.2, -0.15) is 4.31 Å². The third kappa shape index (κ3) is 4.99. The van der Waals surface area contributed by atoms with Crippen LogP contribution in [0.25, 0.3) is 0 Å². The fourth-order valence-electron chi connectivity index (χ4n) is 2.96. The molecule has 1 fully saturated rings. The van der Waals surface area contributed by atoms with E-state index in [1.54, 1.807) is 32.9 Å². The largest absolute Gasteiger partial charge is 0.481 e. The fraction of sp³-hybridized carbons (Fsp3) is 0.500. The molecule has 0 spiro atoms. The molecule has 1 heterocycles. The number of hydrogen-bond donors (Lipinski definition) is 1. The molecule has 0 saturated carbocycles. The van der Waals surface area contributed by atoms with E-state index in [0.717, 1.165) is 4.31 Å². The van der Waals surface area contributed by atoms with Gasteiger partial charge in [-0.1, -0.05) is 21.9 Å². The Morgan fingerprint density at radius 3 is 2.56 bits per heavy atom. The second-order valence-corrected chi connectivity index (χ2v) is 11.0. The molecular weight excluding hydrogens is 454 g/mol. The summed E-state index contributed by atoms with van der Waals surface area (Å²) in [6.07, 6.45) is 0. The number of ether oxygens (including phenoxy) is 1. The topological polar surface area (TPSA) is 83.9 Å². The zero-order chi connectivity index (χ0) is 20.2. The SMILES string of the molecule is CC#CCOc1ccc(S(=O)(=O)N2CC(CBr)SC(C)(C)[C@@H]2C(=O)O)cc1. The van der Waals surface area contributed by atoms with Crippen molar-refractivity contribution < 1.29 is 23.1 Å². The maximum atomic E-state index is 13.2. The van der Waals surface area contributed by atoms with Crippen LogP contribution in [0, 0.1) is 11.8 Å². The molecule has 1 aliphatic rings. The summed E-state index contributed by atoms with van der Waals surface area (Å²) >= 11 is 4.88. The number of thioether (sulfide) groups is 1. The van der Waals surface area contributed by atoms with Gasteiger partial charge in [0.25, 0.3) is 0 Å². The minimum atomic E-state index is -3.98. The molecule has 1 aromatic rings. The zero-order valence-electron chi connectivity index (χ0n) is 15.3. The van der Waals surface area contributed by atoms with Crippen molar-refractivity contribution in [2.75, 3.05) is 18.5 Å². The summed E-state index contributed by atoms with van der Waals surface area (Å²) in [5.74, 6) is 4.82. The molecule has 27 heavy (non-hydrogen) atoms. The predicted molar refractivity (Wildman–Crippen MR) is 110 cm³/mol. The Morgan fingerprint density at radius 2 is 2.04 bits per heavy atom. The molecule has 0 amide bonds. The zero-order valence-corrected chi connectivity index (χ0v) is 18.5. The molecule has 9 heteroatoms. The molecule has 148 valence electrons. The molecule has 0 radical (unpaired) electrons. The molecule has 0 bridgehead atoms. The van der Waals surface area contributed by atoms with Crippen molar-refractivity contribution >= 4 is 43.7 Å². The number of carbonyl (C=O) groups is 1. The highest BCUT2D eigenvalue weighted by Gasteiger charge is 2.51. The van der Waals surface area contributed by atoms with Crippen LogP contribution in [0.4, 0.5) is 0 Å². The average Bonchev–Trinajstić information content (AvgIpc) is 2.60. The van der Waals surface area contributed by atoms with Crippen molar-refractivity contribution in [3.8, 4) is 17.6 Å². The number of alkyl halides is 1. The van der Waals surface area contributed by atoms with E-state index >= 15 is 0 Å². The van der Waals surface area contributed by atoms with Crippen LogP contribution in [0.3, 0.4) is 0 Å². The number of benzene rings is 1. The highest BCUT2D eigenvalue weighted by Crippen LogP contribution is 2.42. The van der Waals surface area contributed by atoms with Crippen LogP contribution in [-0.2, 0) is 14.8 Å². The van der Waals surface area contributed by atoms with E-state index in [1.165, 1.54) is 23.9 Å². The van der Waals surface area contributed by atoms with Crippen molar-refractivity contribution in [2.45, 2.75) is 41.7 Å². The number of nitrogens with zero attached hydrogens (tertiary/aromatic N) is 1. The number of hydrogen-bond acceptors (Lipinski definition) is 5. The standard InChI is InChI=1S/C18H22BrNO5S2/c1-4-5-10-25-13-6-8-15(9-7-13)27(23,24)20-12-14(11-19)26-18(2,3)16(20)17(21)22/h6-9,14,16H,10-12H2,1-3H3,(H,21,22)/t14?,16-/m0/s1. The Labute approximate surface area is 172 Å². The van der Waals surface area contributed by atoms with Gasteiger partial charge in [0.15, 0.2) is 0 Å². The monoisotopic (exact) mass is 475 g/mol. The quantitative estimate of drug-likeness (QED) is 0.502. The highest BCUT2D eigenvalue weighted by molar-refractivity contribution is 9.09. The van der Waals surface area contributed by atoms with E-state index in [-0.39, 0.29) is 23.3 Å². The van der Waals surface area contributed by atoms with Gasteiger partial charge in [-0.25, -0.2) is 8.42 Å². The molecule has 1 aromatic carbocycles. The van der Waals surface area contributed by atoms with Crippen LogP contribution in [0.2, 0.25) is 0 Å². The average molecular weight is 476 g/mol. The van der Waals surface area contributed by atoms with Crippen LogP contribution >= 0.6 is 27.7 Å². The van der Waals surface area contributed by atoms with Crippen molar-refractivity contribution in [1.82, 2.24) is 4.31 Å². The minimum Gasteiger partial charge on any atom is -0.481 e. The van der Waals surface area contributed by atoms with Gasteiger partial charge in [0.1, 0.15) is 18.4 Å². The second kappa shape index (κ2) is 8.86. The number of aliphatic carboxylic acids is 1. The van der Waals surface area contributed by atoms with Gasteiger partial charge >= 0.3 is 5.97 Å². The Hall–Kier alpha value is -1.21. The molecular formula is C18H22BrNO5S2. The first-order valence-electron chi connectivity index (χ1n) is 8.24. The van der Waals surface area contributed by atoms with Gasteiger partial charge in [-0.15, -0.1) is 17.7 Å². The van der Waals surface area contributed by atoms with Gasteiger partial charge < -0.3 is 9.84 Å². The molecule has 1 N–H and O–H groups in total. The second-order valence-electron chi connectivity index (χ2n) is 6.50. The Balaban J connectivity index is 2.36. The van der Waals surface area contributed by atoms with Crippen molar-refractivity contribution in [3.63, 3.8) is 0 Å². The maximum Gasteiger partial charge on any atom is 0.323 e. The summed E-state index contributed by atoms with van der Waals surface area (Å²) in [5.41, 5.74) is 0. The maximum absolute atomic E-state index is 13.2. The molecule has 0 aliphatic carbocycles. The Bertz CT molecular complexity index is 843. The van der Waals surface area contributed by atoms with Gasteiger partial charge in [-0.3, -0.25) is 4.79 Å². The highest BCUT2D eigenvalue weighted by atomic mass is 79.9. The number of rotatable bonds is 6. The third-order valence-electron chi connectivity index (χ3n) is 4.12. The van der Waals surface area contributed by atoms with Gasteiger partial charge in [0.2, 0.25) is 10.0 Å². The summed E-state index contributed by atoms with van der Waals surface area (Å²) in [4.78, 5) is 11.9. The van der Waals surface area contributed by atoms with E-state index in [2.05, 4.69) is 27.8 Å². The number of carboxylic acids is 1. The third-order valence-corrected chi connectivity index (χ3v) is 8.66. The van der Waals surface area contributed by atoms with Crippen LogP contribution < -0.4 is 4.74 Å². The van der Waals surface area contributed by atoms with E-state index in [1.807, 2.05) is 0 Å². The molecule has 0 aromatic heterocycles. The summed E-state index contributed by atoms with van der Waals surface area (Å²) in [6.45, 7) is 5.58. The van der Waals surface area contributed by atoms with E-state index in [9.17, 15) is 18.3 Å². The summed E-state index contributed by atoms with van der Waals surface area (Å²) in [7, 11) is -3.98. The minimum absolute atomic E-state index is 0.0405. The van der Waals surface area contributed by atoms with Crippen LogP contribution in [0.1, 0.15) is 20.8 Å². The summed E-state index contributed by atoms with van der Waals surface area (Å²) < 4.78 is 32.1. The number of halogens is 1. The van der Waals surface area contributed by atoms with E-state index in [0.29, 0.717) is 11.1 Å². The first-order chi connectivity index (χ1) is 12.6. The van der Waals surface area contributed by atoms with E-state index < -0.39 is 26.8 Å². The normalized spacial score (nSPS) is 22.5. The lowest BCUT2D eigenvalue weighted by Gasteiger charge is -2.45. The number of sulfonamides is 1. The predicted octanol–water partition coefficient (Wildman–Crippen LogP) is 2.82. The molecule has 2 rings (SSSR count). The van der Waals surface area contributed by atoms with Crippen molar-refractivity contribution in [1.29, 1.82) is 0 Å². The Morgan fingerprint density at radius 1 is 1.41 bits per heavy atom. The molecule has 6 nitrogen and oxygen atoms in total. The van der Waals surface area contributed by atoms with Crippen LogP contribution in [0.5, 0.6) is 5.75 Å².